The fourth-order valence-electron chi connectivity index (χ4n) is 2.71. The van der Waals surface area contributed by atoms with Crippen LogP contribution in [0.1, 0.15) is 15.9 Å². The van der Waals surface area contributed by atoms with Crippen LogP contribution < -0.4 is 15.9 Å². The highest BCUT2D eigenvalue weighted by molar-refractivity contribution is 6.30. The van der Waals surface area contributed by atoms with Gasteiger partial charge in [0.2, 0.25) is 17.1 Å². The average Bonchev–Trinajstić information content (AvgIpc) is 2.61. The van der Waals surface area contributed by atoms with Crippen LogP contribution in [0, 0.1) is 0 Å². The third kappa shape index (κ3) is 2.31. The second kappa shape index (κ2) is 5.45. The van der Waals surface area contributed by atoms with Crippen molar-refractivity contribution in [2.24, 2.45) is 0 Å². The minimum Gasteiger partial charge on any atom is -0.440 e. The van der Waals surface area contributed by atoms with Gasteiger partial charge in [0.05, 0.1) is 16.5 Å². The van der Waals surface area contributed by atoms with Crippen LogP contribution in [-0.4, -0.2) is 11.8 Å². The van der Waals surface area contributed by atoms with Gasteiger partial charge >= 0.3 is 5.97 Å². The standard InChI is InChI=1S/C19H11NO5/c20-18-12(16(21)10-5-1-3-7-14(10)24-18)9-13-17(22)11-6-2-4-8-15(11)25-19(13)23/h1-9H,20H2/b13-9+. The molecule has 2 heterocycles. The number of ether oxygens (including phenoxy) is 1. The molecule has 0 amide bonds. The summed E-state index contributed by atoms with van der Waals surface area (Å²) in [5, 5.41) is 0.306. The summed E-state index contributed by atoms with van der Waals surface area (Å²) in [6, 6.07) is 13.0. The van der Waals surface area contributed by atoms with Gasteiger partial charge in [0, 0.05) is 0 Å². The fraction of sp³-hybridized carbons (Fsp3) is 0. The monoisotopic (exact) mass is 333 g/mol. The van der Waals surface area contributed by atoms with Crippen LogP contribution in [0.15, 0.2) is 63.3 Å². The molecule has 0 unspecified atom stereocenters. The maximum absolute atomic E-state index is 12.6. The van der Waals surface area contributed by atoms with E-state index >= 15 is 0 Å². The summed E-state index contributed by atoms with van der Waals surface area (Å²) in [6.07, 6.45) is 1.13. The van der Waals surface area contributed by atoms with Gasteiger partial charge < -0.3 is 14.9 Å². The Kier molecular flexibility index (Phi) is 3.25. The van der Waals surface area contributed by atoms with Crippen LogP contribution in [0.3, 0.4) is 0 Å². The Balaban J connectivity index is 1.92. The van der Waals surface area contributed by atoms with E-state index in [-0.39, 0.29) is 28.3 Å². The predicted molar refractivity (Wildman–Crippen MR) is 91.3 cm³/mol. The van der Waals surface area contributed by atoms with Crippen molar-refractivity contribution in [3.05, 3.63) is 75.5 Å². The molecular weight excluding hydrogens is 322 g/mol. The molecule has 25 heavy (non-hydrogen) atoms. The average molecular weight is 333 g/mol. The van der Waals surface area contributed by atoms with Gasteiger partial charge in [-0.1, -0.05) is 24.3 Å². The van der Waals surface area contributed by atoms with Gasteiger partial charge in [-0.05, 0) is 30.3 Å². The molecule has 6 nitrogen and oxygen atoms in total. The molecule has 0 saturated carbocycles. The number of nitrogen functional groups attached to an aromatic ring is 1. The number of carbonyl (C=O) groups excluding carboxylic acids is 2. The minimum atomic E-state index is -0.837. The number of anilines is 1. The van der Waals surface area contributed by atoms with Gasteiger partial charge in [0.1, 0.15) is 16.9 Å². The lowest BCUT2D eigenvalue weighted by atomic mass is 9.98. The number of ketones is 1. The Bertz CT molecular complexity index is 1140. The van der Waals surface area contributed by atoms with Crippen molar-refractivity contribution < 1.29 is 18.7 Å². The number of benzene rings is 2. The third-order valence-electron chi connectivity index (χ3n) is 3.95. The van der Waals surface area contributed by atoms with Crippen molar-refractivity contribution >= 4 is 34.7 Å². The first-order valence-corrected chi connectivity index (χ1v) is 7.45. The number of hydrogen-bond donors (Lipinski definition) is 1. The molecule has 1 aromatic heterocycles. The molecule has 3 aromatic rings. The summed E-state index contributed by atoms with van der Waals surface area (Å²) >= 11 is 0. The highest BCUT2D eigenvalue weighted by Gasteiger charge is 2.31. The molecule has 0 radical (unpaired) electrons. The summed E-state index contributed by atoms with van der Waals surface area (Å²) in [7, 11) is 0. The molecule has 0 bridgehead atoms. The van der Waals surface area contributed by atoms with Crippen LogP contribution >= 0.6 is 0 Å². The van der Waals surface area contributed by atoms with Crippen LogP contribution in [0.4, 0.5) is 5.88 Å². The Hall–Kier alpha value is -3.67. The lowest BCUT2D eigenvalue weighted by molar-refractivity contribution is -0.130. The van der Waals surface area contributed by atoms with Crippen molar-refractivity contribution in [3.8, 4) is 5.75 Å². The number of para-hydroxylation sites is 2. The Morgan fingerprint density at radius 1 is 0.920 bits per heavy atom. The molecule has 2 aromatic carbocycles. The number of rotatable bonds is 1. The molecule has 6 heteroatoms. The summed E-state index contributed by atoms with van der Waals surface area (Å²) in [4.78, 5) is 37.4. The topological polar surface area (TPSA) is 99.6 Å². The van der Waals surface area contributed by atoms with E-state index in [0.717, 1.165) is 6.08 Å². The summed E-state index contributed by atoms with van der Waals surface area (Å²) in [5.41, 5.74) is 5.64. The van der Waals surface area contributed by atoms with Gasteiger partial charge in [0.15, 0.2) is 0 Å². The molecule has 0 saturated heterocycles. The van der Waals surface area contributed by atoms with Crippen molar-refractivity contribution in [1.29, 1.82) is 0 Å². The van der Waals surface area contributed by atoms with Gasteiger partial charge in [0.25, 0.3) is 0 Å². The first-order chi connectivity index (χ1) is 12.1. The van der Waals surface area contributed by atoms with Gasteiger partial charge in [-0.15, -0.1) is 0 Å². The van der Waals surface area contributed by atoms with E-state index in [1.807, 2.05) is 0 Å². The van der Waals surface area contributed by atoms with Crippen molar-refractivity contribution in [2.45, 2.75) is 0 Å². The smallest absolute Gasteiger partial charge is 0.347 e. The minimum absolute atomic E-state index is 0.0571. The van der Waals surface area contributed by atoms with E-state index < -0.39 is 17.2 Å². The third-order valence-corrected chi connectivity index (χ3v) is 3.95. The lowest BCUT2D eigenvalue weighted by Crippen LogP contribution is -2.25. The quantitative estimate of drug-likeness (QED) is 0.318. The summed E-state index contributed by atoms with van der Waals surface area (Å²) in [6.45, 7) is 0. The lowest BCUT2D eigenvalue weighted by Gasteiger charge is -2.16. The fourth-order valence-corrected chi connectivity index (χ4v) is 2.71. The first kappa shape index (κ1) is 14.9. The Labute approximate surface area is 141 Å². The number of carbonyl (C=O) groups is 2. The Morgan fingerprint density at radius 2 is 1.64 bits per heavy atom. The normalized spacial score (nSPS) is 15.3. The molecule has 0 atom stereocenters. The summed E-state index contributed by atoms with van der Waals surface area (Å²) < 4.78 is 10.6. The Morgan fingerprint density at radius 3 is 2.48 bits per heavy atom. The van der Waals surface area contributed by atoms with Gasteiger partial charge in [-0.25, -0.2) is 4.79 Å². The zero-order chi connectivity index (χ0) is 17.6. The molecule has 0 aliphatic carbocycles. The van der Waals surface area contributed by atoms with Crippen molar-refractivity contribution in [3.63, 3.8) is 0 Å². The largest absolute Gasteiger partial charge is 0.440 e. The highest BCUT2D eigenvalue weighted by Crippen LogP contribution is 2.29. The van der Waals surface area contributed by atoms with Crippen molar-refractivity contribution in [2.75, 3.05) is 5.73 Å². The molecule has 4 rings (SSSR count). The molecule has 1 aliphatic rings. The first-order valence-electron chi connectivity index (χ1n) is 7.45. The van der Waals surface area contributed by atoms with E-state index in [4.69, 9.17) is 14.9 Å². The number of nitrogens with two attached hydrogens (primary N) is 1. The number of Topliss-reactive ketones (excluding diaryl/α,β-unsaturated/α-hetero) is 1. The maximum atomic E-state index is 12.6. The molecule has 1 aliphatic heterocycles. The molecular formula is C19H11NO5. The van der Waals surface area contributed by atoms with Gasteiger partial charge in [-0.3, -0.25) is 9.59 Å². The van der Waals surface area contributed by atoms with Crippen molar-refractivity contribution in [1.82, 2.24) is 0 Å². The predicted octanol–water partition coefficient (Wildman–Crippen LogP) is 2.56. The SMILES string of the molecule is Nc1oc2ccccc2c(=O)c1/C=C1/C(=O)Oc2ccccc2C1=O. The molecule has 0 spiro atoms. The van der Waals surface area contributed by atoms with Gasteiger partial charge in [-0.2, -0.15) is 0 Å². The van der Waals surface area contributed by atoms with E-state index in [0.29, 0.717) is 11.0 Å². The zero-order valence-corrected chi connectivity index (χ0v) is 12.8. The molecule has 122 valence electrons. The highest BCUT2D eigenvalue weighted by atomic mass is 16.5. The molecule has 0 fully saturated rings. The second-order valence-electron chi connectivity index (χ2n) is 5.48. The van der Waals surface area contributed by atoms with Crippen LogP contribution in [0.25, 0.3) is 17.0 Å². The van der Waals surface area contributed by atoms with E-state index in [2.05, 4.69) is 0 Å². The summed E-state index contributed by atoms with van der Waals surface area (Å²) in [5.74, 6) is -1.35. The number of esters is 1. The van der Waals surface area contributed by atoms with E-state index in [9.17, 15) is 14.4 Å². The molecule has 2 N–H and O–H groups in total. The van der Waals surface area contributed by atoms with E-state index in [1.54, 1.807) is 42.5 Å². The zero-order valence-electron chi connectivity index (χ0n) is 12.8. The van der Waals surface area contributed by atoms with Crippen LogP contribution in [-0.2, 0) is 4.79 Å². The van der Waals surface area contributed by atoms with Crippen LogP contribution in [0.2, 0.25) is 0 Å². The number of hydrogen-bond acceptors (Lipinski definition) is 6. The van der Waals surface area contributed by atoms with E-state index in [1.165, 1.54) is 6.07 Å². The van der Waals surface area contributed by atoms with Crippen LogP contribution in [0.5, 0.6) is 5.75 Å². The number of fused-ring (bicyclic) bond motifs is 2. The second-order valence-corrected chi connectivity index (χ2v) is 5.48. The maximum Gasteiger partial charge on any atom is 0.347 e.